The van der Waals surface area contributed by atoms with Crippen LogP contribution in [0, 0.1) is 5.92 Å². The van der Waals surface area contributed by atoms with Gasteiger partial charge >= 0.3 is 12.1 Å². The van der Waals surface area contributed by atoms with Gasteiger partial charge in [0.05, 0.1) is 0 Å². The first-order chi connectivity index (χ1) is 15.3. The van der Waals surface area contributed by atoms with Gasteiger partial charge in [0.15, 0.2) is 0 Å². The molecule has 168 valence electrons. The molecule has 32 heavy (non-hydrogen) atoms. The molecule has 2 aromatic rings. The SMILES string of the molecule is CC(C)C(NC(=O)OCC1c2ccccc2-c2ccccc21)C(=O)N(C)C1(C(=O)O)CC1. The number of carboxylic acid groups (broad SMARTS) is 1. The molecule has 0 radical (unpaired) electrons. The summed E-state index contributed by atoms with van der Waals surface area (Å²) in [5, 5.41) is 12.1. The van der Waals surface area contributed by atoms with Crippen LogP contribution in [0.3, 0.4) is 0 Å². The lowest BCUT2D eigenvalue weighted by molar-refractivity contribution is -0.152. The van der Waals surface area contributed by atoms with Crippen LogP contribution in [0.5, 0.6) is 0 Å². The van der Waals surface area contributed by atoms with E-state index in [1.165, 1.54) is 11.9 Å². The summed E-state index contributed by atoms with van der Waals surface area (Å²) < 4.78 is 5.56. The second-order valence-electron chi connectivity index (χ2n) is 8.93. The van der Waals surface area contributed by atoms with E-state index >= 15 is 0 Å². The monoisotopic (exact) mass is 436 g/mol. The van der Waals surface area contributed by atoms with Crippen LogP contribution < -0.4 is 5.32 Å². The second-order valence-corrected chi connectivity index (χ2v) is 8.93. The summed E-state index contributed by atoms with van der Waals surface area (Å²) in [6, 6.07) is 15.3. The third kappa shape index (κ3) is 3.72. The predicted molar refractivity (Wildman–Crippen MR) is 119 cm³/mol. The van der Waals surface area contributed by atoms with E-state index in [0.717, 1.165) is 22.3 Å². The number of nitrogens with one attached hydrogen (secondary N) is 1. The largest absolute Gasteiger partial charge is 0.479 e. The third-order valence-corrected chi connectivity index (χ3v) is 6.64. The van der Waals surface area contributed by atoms with Gasteiger partial charge in [0.2, 0.25) is 5.91 Å². The number of fused-ring (bicyclic) bond motifs is 3. The molecule has 0 heterocycles. The van der Waals surface area contributed by atoms with Gasteiger partial charge in [0.25, 0.3) is 0 Å². The van der Waals surface area contributed by atoms with Crippen molar-refractivity contribution in [1.29, 1.82) is 0 Å². The van der Waals surface area contributed by atoms with Crippen molar-refractivity contribution in [3.8, 4) is 11.1 Å². The van der Waals surface area contributed by atoms with Gasteiger partial charge in [-0.05, 0) is 41.0 Å². The van der Waals surface area contributed by atoms with Gasteiger partial charge in [-0.2, -0.15) is 0 Å². The molecule has 0 aromatic heterocycles. The Hall–Kier alpha value is -3.35. The van der Waals surface area contributed by atoms with Gasteiger partial charge in [-0.25, -0.2) is 9.59 Å². The van der Waals surface area contributed by atoms with Crippen molar-refractivity contribution in [1.82, 2.24) is 10.2 Å². The number of amides is 2. The van der Waals surface area contributed by atoms with Crippen LogP contribution in [0.25, 0.3) is 11.1 Å². The number of carboxylic acids is 1. The van der Waals surface area contributed by atoms with E-state index in [1.807, 2.05) is 36.4 Å². The molecule has 0 spiro atoms. The van der Waals surface area contributed by atoms with Crippen molar-refractivity contribution in [2.45, 2.75) is 44.2 Å². The fourth-order valence-corrected chi connectivity index (χ4v) is 4.51. The molecule has 0 saturated heterocycles. The molecule has 2 aromatic carbocycles. The van der Waals surface area contributed by atoms with Crippen molar-refractivity contribution in [2.75, 3.05) is 13.7 Å². The highest BCUT2D eigenvalue weighted by Crippen LogP contribution is 2.44. The lowest BCUT2D eigenvalue weighted by Gasteiger charge is -2.30. The zero-order valence-corrected chi connectivity index (χ0v) is 18.5. The Bertz CT molecular complexity index is 1010. The summed E-state index contributed by atoms with van der Waals surface area (Å²) in [4.78, 5) is 38.5. The van der Waals surface area contributed by atoms with Crippen molar-refractivity contribution in [3.05, 3.63) is 59.7 Å². The van der Waals surface area contributed by atoms with Crippen LogP contribution >= 0.6 is 0 Å². The Labute approximate surface area is 187 Å². The van der Waals surface area contributed by atoms with Crippen LogP contribution in [0.1, 0.15) is 43.7 Å². The van der Waals surface area contributed by atoms with E-state index in [4.69, 9.17) is 4.74 Å². The standard InChI is InChI=1S/C25H28N2O5/c1-15(2)21(22(28)27(3)25(12-13-25)23(29)30)26-24(31)32-14-20-18-10-6-4-8-16(18)17-9-5-7-11-19(17)20/h4-11,15,20-21H,12-14H2,1-3H3,(H,26,31)(H,29,30). The van der Waals surface area contributed by atoms with Gasteiger partial charge < -0.3 is 20.1 Å². The molecule has 1 saturated carbocycles. The summed E-state index contributed by atoms with van der Waals surface area (Å²) in [6.45, 7) is 3.76. The highest BCUT2D eigenvalue weighted by molar-refractivity contribution is 5.93. The maximum absolute atomic E-state index is 13.0. The maximum Gasteiger partial charge on any atom is 0.407 e. The van der Waals surface area contributed by atoms with Crippen molar-refractivity contribution in [2.24, 2.45) is 5.92 Å². The molecule has 2 N–H and O–H groups in total. The van der Waals surface area contributed by atoms with E-state index in [1.54, 1.807) is 13.8 Å². The highest BCUT2D eigenvalue weighted by Gasteiger charge is 2.56. The van der Waals surface area contributed by atoms with E-state index in [-0.39, 0.29) is 18.4 Å². The fourth-order valence-electron chi connectivity index (χ4n) is 4.51. The predicted octanol–water partition coefficient (Wildman–Crippen LogP) is 3.63. The minimum Gasteiger partial charge on any atom is -0.479 e. The Kier molecular flexibility index (Phi) is 5.67. The lowest BCUT2D eigenvalue weighted by Crippen LogP contribution is -2.55. The van der Waals surface area contributed by atoms with Crippen LogP contribution in [-0.4, -0.2) is 53.2 Å². The lowest BCUT2D eigenvalue weighted by atomic mass is 9.98. The van der Waals surface area contributed by atoms with Gasteiger partial charge in [0.1, 0.15) is 18.2 Å². The molecule has 0 bridgehead atoms. The average Bonchev–Trinajstić information content (AvgIpc) is 3.54. The number of hydrogen-bond acceptors (Lipinski definition) is 4. The first-order valence-corrected chi connectivity index (χ1v) is 10.9. The van der Waals surface area contributed by atoms with Crippen molar-refractivity contribution in [3.63, 3.8) is 0 Å². The second kappa shape index (κ2) is 8.30. The van der Waals surface area contributed by atoms with E-state index in [9.17, 15) is 19.5 Å². The number of nitrogens with zero attached hydrogens (tertiary/aromatic N) is 1. The summed E-state index contributed by atoms with van der Waals surface area (Å²) in [5.74, 6) is -1.74. The van der Waals surface area contributed by atoms with Gasteiger partial charge in [-0.15, -0.1) is 0 Å². The Morgan fingerprint density at radius 3 is 2.06 bits per heavy atom. The average molecular weight is 437 g/mol. The molecular formula is C25H28N2O5. The minimum atomic E-state index is -1.16. The van der Waals surface area contributed by atoms with Crippen LogP contribution in [-0.2, 0) is 14.3 Å². The molecule has 1 fully saturated rings. The molecule has 2 aliphatic rings. The zero-order chi connectivity index (χ0) is 23.0. The van der Waals surface area contributed by atoms with Crippen LogP contribution in [0.4, 0.5) is 4.79 Å². The molecule has 7 heteroatoms. The summed E-state index contributed by atoms with van der Waals surface area (Å²) in [7, 11) is 1.48. The molecule has 0 aliphatic heterocycles. The fraction of sp³-hybridized carbons (Fsp3) is 0.400. The van der Waals surface area contributed by atoms with Crippen molar-refractivity contribution >= 4 is 18.0 Å². The molecule has 2 amide bonds. The van der Waals surface area contributed by atoms with E-state index < -0.39 is 29.6 Å². The number of likely N-dealkylation sites (N-methyl/N-ethyl adjacent to an activating group) is 1. The number of benzene rings is 2. The van der Waals surface area contributed by atoms with E-state index in [2.05, 4.69) is 17.4 Å². The number of rotatable bonds is 7. The number of ether oxygens (including phenoxy) is 1. The third-order valence-electron chi connectivity index (χ3n) is 6.64. The maximum atomic E-state index is 13.0. The van der Waals surface area contributed by atoms with Gasteiger partial charge in [-0.1, -0.05) is 62.4 Å². The molecular weight excluding hydrogens is 408 g/mol. The Morgan fingerprint density at radius 2 is 1.59 bits per heavy atom. The Balaban J connectivity index is 1.44. The summed E-state index contributed by atoms with van der Waals surface area (Å²) in [6.07, 6.45) is 0.146. The molecule has 7 nitrogen and oxygen atoms in total. The molecule has 2 aliphatic carbocycles. The van der Waals surface area contributed by atoms with Crippen LogP contribution in [0.15, 0.2) is 48.5 Å². The molecule has 1 atom stereocenters. The number of hydrogen-bond donors (Lipinski definition) is 2. The van der Waals surface area contributed by atoms with Crippen molar-refractivity contribution < 1.29 is 24.2 Å². The summed E-state index contributed by atoms with van der Waals surface area (Å²) in [5.41, 5.74) is 3.33. The molecule has 4 rings (SSSR count). The highest BCUT2D eigenvalue weighted by atomic mass is 16.5. The number of aliphatic carboxylic acids is 1. The Morgan fingerprint density at radius 1 is 1.06 bits per heavy atom. The zero-order valence-electron chi connectivity index (χ0n) is 18.5. The smallest absolute Gasteiger partial charge is 0.407 e. The van der Waals surface area contributed by atoms with Gasteiger partial charge in [0, 0.05) is 13.0 Å². The number of alkyl carbamates (subject to hydrolysis) is 1. The van der Waals surface area contributed by atoms with E-state index in [0.29, 0.717) is 12.8 Å². The summed E-state index contributed by atoms with van der Waals surface area (Å²) >= 11 is 0. The number of carbonyl (C=O) groups is 3. The molecule has 1 unspecified atom stereocenters. The quantitative estimate of drug-likeness (QED) is 0.691. The normalized spacial score (nSPS) is 16.6. The first kappa shape index (κ1) is 21.9. The topological polar surface area (TPSA) is 95.9 Å². The van der Waals surface area contributed by atoms with Gasteiger partial charge in [-0.3, -0.25) is 4.79 Å². The minimum absolute atomic E-state index is 0.0780. The van der Waals surface area contributed by atoms with Crippen LogP contribution in [0.2, 0.25) is 0 Å². The number of carbonyl (C=O) groups excluding carboxylic acids is 2. The first-order valence-electron chi connectivity index (χ1n) is 10.9.